The largest absolute Gasteiger partial charge is 0.358 e. The Hall–Kier alpha value is -0.840. The van der Waals surface area contributed by atoms with E-state index in [1.165, 1.54) is 0 Å². The number of rotatable bonds is 2. The summed E-state index contributed by atoms with van der Waals surface area (Å²) in [5.74, 6) is 5.09. The molecule has 4 N–H and O–H groups in total. The lowest BCUT2D eigenvalue weighted by atomic mass is 10.2. The highest BCUT2D eigenvalue weighted by molar-refractivity contribution is 7.80. The molecule has 13 heavy (non-hydrogen) atoms. The van der Waals surface area contributed by atoms with Gasteiger partial charge in [-0.1, -0.05) is 29.8 Å². The summed E-state index contributed by atoms with van der Waals surface area (Å²) in [7, 11) is 0. The first-order valence-electron chi connectivity index (χ1n) is 3.72. The number of hydrogen-bond acceptors (Lipinski definition) is 2. The molecule has 70 valence electrons. The quantitative estimate of drug-likeness (QED) is 0.394. The van der Waals surface area contributed by atoms with Crippen LogP contribution in [0.4, 0.5) is 0 Å². The van der Waals surface area contributed by atoms with Crippen molar-refractivity contribution in [3.8, 4) is 0 Å². The summed E-state index contributed by atoms with van der Waals surface area (Å²) in [5.41, 5.74) is 3.32. The third kappa shape index (κ3) is 3.18. The van der Waals surface area contributed by atoms with Crippen LogP contribution in [0.2, 0.25) is 5.02 Å². The molecule has 0 radical (unpaired) electrons. The third-order valence-corrected chi connectivity index (χ3v) is 2.16. The van der Waals surface area contributed by atoms with Crippen molar-refractivity contribution >= 4 is 28.9 Å². The molecule has 1 rings (SSSR count). The average molecular weight is 216 g/mol. The average Bonchev–Trinajstić information content (AvgIpc) is 2.16. The van der Waals surface area contributed by atoms with Crippen LogP contribution >= 0.6 is 23.8 Å². The Bertz CT molecular complexity index is 303. The minimum Gasteiger partial charge on any atom is -0.358 e. The van der Waals surface area contributed by atoms with Gasteiger partial charge >= 0.3 is 0 Å². The van der Waals surface area contributed by atoms with Crippen molar-refractivity contribution in [3.05, 3.63) is 34.9 Å². The third-order valence-electron chi connectivity index (χ3n) is 1.53. The van der Waals surface area contributed by atoms with E-state index in [4.69, 9.17) is 29.7 Å². The van der Waals surface area contributed by atoms with E-state index in [1.807, 2.05) is 24.3 Å². The highest BCUT2D eigenvalue weighted by Crippen LogP contribution is 2.13. The maximum absolute atomic E-state index is 5.92. The van der Waals surface area contributed by atoms with Gasteiger partial charge in [0.15, 0.2) is 5.11 Å². The second-order valence-electron chi connectivity index (χ2n) is 2.42. The van der Waals surface area contributed by atoms with E-state index >= 15 is 0 Å². The monoisotopic (exact) mass is 215 g/mol. The zero-order valence-electron chi connectivity index (χ0n) is 6.88. The van der Waals surface area contributed by atoms with Crippen LogP contribution in [0.3, 0.4) is 0 Å². The highest BCUT2D eigenvalue weighted by Gasteiger charge is 1.98. The summed E-state index contributed by atoms with van der Waals surface area (Å²) in [6.07, 6.45) is 0. The Morgan fingerprint density at radius 1 is 1.46 bits per heavy atom. The van der Waals surface area contributed by atoms with Crippen molar-refractivity contribution in [2.45, 2.75) is 6.54 Å². The molecule has 0 saturated heterocycles. The summed E-state index contributed by atoms with van der Waals surface area (Å²) in [5, 5.41) is 4.02. The molecule has 0 saturated carbocycles. The van der Waals surface area contributed by atoms with Crippen molar-refractivity contribution in [1.82, 2.24) is 10.7 Å². The van der Waals surface area contributed by atoms with Crippen LogP contribution in [0.15, 0.2) is 24.3 Å². The summed E-state index contributed by atoms with van der Waals surface area (Å²) in [6, 6.07) is 7.55. The van der Waals surface area contributed by atoms with Crippen molar-refractivity contribution in [3.63, 3.8) is 0 Å². The summed E-state index contributed by atoms with van der Waals surface area (Å²) in [4.78, 5) is 0. The van der Waals surface area contributed by atoms with Crippen molar-refractivity contribution in [1.29, 1.82) is 0 Å². The van der Waals surface area contributed by atoms with Gasteiger partial charge in [-0.05, 0) is 23.8 Å². The van der Waals surface area contributed by atoms with Crippen LogP contribution in [0, 0.1) is 0 Å². The number of hydrogen-bond donors (Lipinski definition) is 3. The van der Waals surface area contributed by atoms with Gasteiger partial charge in [-0.3, -0.25) is 0 Å². The molecule has 0 aliphatic rings. The Morgan fingerprint density at radius 3 is 2.77 bits per heavy atom. The summed E-state index contributed by atoms with van der Waals surface area (Å²) < 4.78 is 0. The molecule has 0 atom stereocenters. The lowest BCUT2D eigenvalue weighted by Gasteiger charge is -2.07. The first-order chi connectivity index (χ1) is 6.24. The van der Waals surface area contributed by atoms with Gasteiger partial charge in [0.1, 0.15) is 0 Å². The van der Waals surface area contributed by atoms with E-state index < -0.39 is 0 Å². The van der Waals surface area contributed by atoms with Gasteiger partial charge in [-0.25, -0.2) is 5.84 Å². The molecule has 1 aromatic carbocycles. The van der Waals surface area contributed by atoms with E-state index in [9.17, 15) is 0 Å². The van der Waals surface area contributed by atoms with Crippen LogP contribution in [0.5, 0.6) is 0 Å². The first kappa shape index (κ1) is 10.2. The van der Waals surface area contributed by atoms with E-state index in [0.29, 0.717) is 11.7 Å². The number of nitrogens with two attached hydrogens (primary N) is 1. The molecular weight excluding hydrogens is 206 g/mol. The molecular formula is C8H10ClN3S. The van der Waals surface area contributed by atoms with Gasteiger partial charge < -0.3 is 10.7 Å². The van der Waals surface area contributed by atoms with Gasteiger partial charge in [0.05, 0.1) is 0 Å². The standard InChI is InChI=1S/C8H10ClN3S/c9-7-4-2-1-3-6(7)5-11-8(13)12-10/h1-4H,5,10H2,(H2,11,12,13). The topological polar surface area (TPSA) is 50.1 Å². The van der Waals surface area contributed by atoms with Gasteiger partial charge in [-0.15, -0.1) is 0 Å². The van der Waals surface area contributed by atoms with Crippen LogP contribution in [-0.2, 0) is 6.54 Å². The Balaban J connectivity index is 2.54. The molecule has 0 aliphatic carbocycles. The highest BCUT2D eigenvalue weighted by atomic mass is 35.5. The van der Waals surface area contributed by atoms with Gasteiger partial charge in [-0.2, -0.15) is 0 Å². The van der Waals surface area contributed by atoms with Crippen LogP contribution in [-0.4, -0.2) is 5.11 Å². The number of nitrogens with one attached hydrogen (secondary N) is 2. The molecule has 3 nitrogen and oxygen atoms in total. The van der Waals surface area contributed by atoms with Crippen molar-refractivity contribution in [2.24, 2.45) is 5.84 Å². The maximum atomic E-state index is 5.92. The molecule has 0 aliphatic heterocycles. The fourth-order valence-electron chi connectivity index (χ4n) is 0.868. The predicted molar refractivity (Wildman–Crippen MR) is 58.2 cm³/mol. The predicted octanol–water partition coefficient (Wildman–Crippen LogP) is 1.18. The Morgan fingerprint density at radius 2 is 2.15 bits per heavy atom. The molecule has 0 aromatic heterocycles. The van der Waals surface area contributed by atoms with E-state index in [0.717, 1.165) is 10.6 Å². The minimum absolute atomic E-state index is 0.403. The van der Waals surface area contributed by atoms with Crippen LogP contribution < -0.4 is 16.6 Å². The molecule has 5 heteroatoms. The second-order valence-corrected chi connectivity index (χ2v) is 3.23. The number of halogens is 1. The number of benzene rings is 1. The lowest BCUT2D eigenvalue weighted by Crippen LogP contribution is -2.39. The molecule has 1 aromatic rings. The zero-order chi connectivity index (χ0) is 9.68. The molecule has 0 bridgehead atoms. The lowest BCUT2D eigenvalue weighted by molar-refractivity contribution is 0.866. The SMILES string of the molecule is NNC(=S)NCc1ccccc1Cl. The number of thiocarbonyl (C=S) groups is 1. The zero-order valence-corrected chi connectivity index (χ0v) is 8.45. The van der Waals surface area contributed by atoms with Crippen molar-refractivity contribution < 1.29 is 0 Å². The van der Waals surface area contributed by atoms with E-state index in [2.05, 4.69) is 10.7 Å². The van der Waals surface area contributed by atoms with Gasteiger partial charge in [0.2, 0.25) is 0 Å². The van der Waals surface area contributed by atoms with Crippen molar-refractivity contribution in [2.75, 3.05) is 0 Å². The molecule has 0 spiro atoms. The molecule has 0 amide bonds. The van der Waals surface area contributed by atoms with Gasteiger partial charge in [0, 0.05) is 11.6 Å². The summed E-state index contributed by atoms with van der Waals surface area (Å²) in [6.45, 7) is 0.572. The fraction of sp³-hybridized carbons (Fsp3) is 0.125. The minimum atomic E-state index is 0.403. The Kier molecular flexibility index (Phi) is 3.95. The molecule has 0 heterocycles. The van der Waals surface area contributed by atoms with Crippen LogP contribution in [0.25, 0.3) is 0 Å². The first-order valence-corrected chi connectivity index (χ1v) is 4.50. The normalized spacial score (nSPS) is 9.38. The second kappa shape index (κ2) is 5.01. The molecule has 0 fully saturated rings. The van der Waals surface area contributed by atoms with Gasteiger partial charge in [0.25, 0.3) is 0 Å². The maximum Gasteiger partial charge on any atom is 0.180 e. The fourth-order valence-corrected chi connectivity index (χ4v) is 1.14. The van der Waals surface area contributed by atoms with E-state index in [1.54, 1.807) is 0 Å². The van der Waals surface area contributed by atoms with Crippen LogP contribution in [0.1, 0.15) is 5.56 Å². The molecule has 0 unspecified atom stereocenters. The Labute approximate surface area is 87.2 Å². The summed E-state index contributed by atoms with van der Waals surface area (Å²) >= 11 is 10.7. The van der Waals surface area contributed by atoms with E-state index in [-0.39, 0.29) is 0 Å². The number of hydrazine groups is 1. The smallest absolute Gasteiger partial charge is 0.180 e.